The lowest BCUT2D eigenvalue weighted by molar-refractivity contribution is -0.192. The maximum absolute atomic E-state index is 13.3. The van der Waals surface area contributed by atoms with E-state index >= 15 is 0 Å². The Balaban J connectivity index is 1.54. The summed E-state index contributed by atoms with van der Waals surface area (Å²) in [5.74, 6) is -0.0233. The van der Waals surface area contributed by atoms with Gasteiger partial charge in [-0.2, -0.15) is 0 Å². The first kappa shape index (κ1) is 18.3. The SMILES string of the molecule is CCC1OC2(CCN(CCc3cccc(F)c3)CC2)CN(CC)C1=O. The summed E-state index contributed by atoms with van der Waals surface area (Å²) in [5, 5.41) is 0. The third-order valence-electron chi connectivity index (χ3n) is 5.58. The van der Waals surface area contributed by atoms with E-state index in [0.29, 0.717) is 0 Å². The third kappa shape index (κ3) is 4.21. The van der Waals surface area contributed by atoms with Gasteiger partial charge in [-0.15, -0.1) is 0 Å². The maximum Gasteiger partial charge on any atom is 0.251 e. The zero-order valence-corrected chi connectivity index (χ0v) is 15.3. The second kappa shape index (κ2) is 7.83. The molecule has 2 saturated heterocycles. The van der Waals surface area contributed by atoms with E-state index in [0.717, 1.165) is 64.0 Å². The molecule has 0 radical (unpaired) electrons. The van der Waals surface area contributed by atoms with E-state index in [1.807, 2.05) is 24.8 Å². The van der Waals surface area contributed by atoms with Gasteiger partial charge >= 0.3 is 0 Å². The van der Waals surface area contributed by atoms with Crippen molar-refractivity contribution in [3.8, 4) is 0 Å². The summed E-state index contributed by atoms with van der Waals surface area (Å²) in [7, 11) is 0. The van der Waals surface area contributed by atoms with Crippen LogP contribution in [0.15, 0.2) is 24.3 Å². The van der Waals surface area contributed by atoms with Gasteiger partial charge in [-0.1, -0.05) is 19.1 Å². The number of ether oxygens (including phenoxy) is 1. The van der Waals surface area contributed by atoms with Crippen molar-refractivity contribution in [1.29, 1.82) is 0 Å². The molecule has 1 aromatic carbocycles. The van der Waals surface area contributed by atoms with Crippen molar-refractivity contribution >= 4 is 5.91 Å². The molecule has 1 aromatic rings. The molecule has 0 bridgehead atoms. The molecule has 0 N–H and O–H groups in total. The van der Waals surface area contributed by atoms with Crippen LogP contribution in [0.4, 0.5) is 4.39 Å². The molecular formula is C20H29FN2O2. The molecule has 2 aliphatic rings. The van der Waals surface area contributed by atoms with E-state index < -0.39 is 0 Å². The van der Waals surface area contributed by atoms with Crippen LogP contribution in [0.25, 0.3) is 0 Å². The van der Waals surface area contributed by atoms with Gasteiger partial charge in [0, 0.05) is 32.7 Å². The number of amides is 1. The molecule has 1 atom stereocenters. The summed E-state index contributed by atoms with van der Waals surface area (Å²) in [6.45, 7) is 8.41. The molecule has 2 aliphatic heterocycles. The van der Waals surface area contributed by atoms with Gasteiger partial charge in [0.25, 0.3) is 5.91 Å². The average molecular weight is 348 g/mol. The van der Waals surface area contributed by atoms with Crippen LogP contribution in [0.5, 0.6) is 0 Å². The lowest BCUT2D eigenvalue weighted by Gasteiger charge is -2.49. The van der Waals surface area contributed by atoms with Crippen molar-refractivity contribution in [2.45, 2.75) is 51.2 Å². The molecule has 0 saturated carbocycles. The second-order valence-corrected chi connectivity index (χ2v) is 7.27. The number of carbonyl (C=O) groups excluding carboxylic acids is 1. The minimum atomic E-state index is -0.285. The lowest BCUT2D eigenvalue weighted by Crippen LogP contribution is -2.61. The second-order valence-electron chi connectivity index (χ2n) is 7.27. The number of rotatable bonds is 5. The molecule has 0 aromatic heterocycles. The first-order chi connectivity index (χ1) is 12.0. The normalized spacial score (nSPS) is 24.0. The highest BCUT2D eigenvalue weighted by Gasteiger charge is 2.45. The molecule has 0 aliphatic carbocycles. The first-order valence-electron chi connectivity index (χ1n) is 9.48. The quantitative estimate of drug-likeness (QED) is 0.820. The Bertz CT molecular complexity index is 581. The van der Waals surface area contributed by atoms with Gasteiger partial charge in [0.15, 0.2) is 0 Å². The highest BCUT2D eigenvalue weighted by Crippen LogP contribution is 2.33. The molecule has 4 nitrogen and oxygen atoms in total. The molecule has 2 heterocycles. The van der Waals surface area contributed by atoms with Gasteiger partial charge in [-0.3, -0.25) is 4.79 Å². The smallest absolute Gasteiger partial charge is 0.251 e. The van der Waals surface area contributed by atoms with Gasteiger partial charge in [0.1, 0.15) is 11.9 Å². The van der Waals surface area contributed by atoms with Crippen molar-refractivity contribution in [3.05, 3.63) is 35.6 Å². The van der Waals surface area contributed by atoms with Crippen LogP contribution in [0, 0.1) is 5.82 Å². The Hall–Kier alpha value is -1.46. The Morgan fingerprint density at radius 2 is 2.04 bits per heavy atom. The zero-order chi connectivity index (χ0) is 17.9. The number of hydrogen-bond acceptors (Lipinski definition) is 3. The van der Waals surface area contributed by atoms with Crippen LogP contribution < -0.4 is 0 Å². The number of hydrogen-bond donors (Lipinski definition) is 0. The molecule has 3 rings (SSSR count). The first-order valence-corrected chi connectivity index (χ1v) is 9.48. The summed E-state index contributed by atoms with van der Waals surface area (Å²) < 4.78 is 19.5. The maximum atomic E-state index is 13.3. The minimum Gasteiger partial charge on any atom is -0.360 e. The number of halogens is 1. The van der Waals surface area contributed by atoms with Gasteiger partial charge in [-0.05, 0) is 50.3 Å². The summed E-state index contributed by atoms with van der Waals surface area (Å²) in [4.78, 5) is 16.7. The number of morpholine rings is 1. The zero-order valence-electron chi connectivity index (χ0n) is 15.3. The van der Waals surface area contributed by atoms with Crippen LogP contribution in [0.1, 0.15) is 38.7 Å². The molecule has 2 fully saturated rings. The van der Waals surface area contributed by atoms with Crippen molar-refractivity contribution in [2.24, 2.45) is 0 Å². The topological polar surface area (TPSA) is 32.8 Å². The Morgan fingerprint density at radius 3 is 2.68 bits per heavy atom. The molecule has 1 unspecified atom stereocenters. The van der Waals surface area contributed by atoms with E-state index in [-0.39, 0.29) is 23.4 Å². The fourth-order valence-electron chi connectivity index (χ4n) is 3.98. The molecule has 1 spiro atoms. The highest BCUT2D eigenvalue weighted by atomic mass is 19.1. The van der Waals surface area contributed by atoms with E-state index in [9.17, 15) is 9.18 Å². The summed E-state index contributed by atoms with van der Waals surface area (Å²) in [5.41, 5.74) is 0.864. The largest absolute Gasteiger partial charge is 0.360 e. The number of piperidine rings is 1. The monoisotopic (exact) mass is 348 g/mol. The van der Waals surface area contributed by atoms with E-state index in [1.165, 1.54) is 6.07 Å². The number of nitrogens with zero attached hydrogens (tertiary/aromatic N) is 2. The van der Waals surface area contributed by atoms with E-state index in [2.05, 4.69) is 4.90 Å². The van der Waals surface area contributed by atoms with Crippen LogP contribution in [-0.2, 0) is 16.0 Å². The molecule has 25 heavy (non-hydrogen) atoms. The number of likely N-dealkylation sites (tertiary alicyclic amines) is 1. The summed E-state index contributed by atoms with van der Waals surface area (Å²) >= 11 is 0. The van der Waals surface area contributed by atoms with E-state index in [4.69, 9.17) is 4.74 Å². The lowest BCUT2D eigenvalue weighted by atomic mass is 9.88. The summed E-state index contributed by atoms with van der Waals surface area (Å²) in [6.07, 6.45) is 3.23. The molecule has 1 amide bonds. The fourth-order valence-corrected chi connectivity index (χ4v) is 3.98. The average Bonchev–Trinajstić information content (AvgIpc) is 2.63. The van der Waals surface area contributed by atoms with Crippen LogP contribution in [0.2, 0.25) is 0 Å². The van der Waals surface area contributed by atoms with Crippen LogP contribution in [0.3, 0.4) is 0 Å². The van der Waals surface area contributed by atoms with Crippen molar-refractivity contribution < 1.29 is 13.9 Å². The third-order valence-corrected chi connectivity index (χ3v) is 5.58. The number of benzene rings is 1. The van der Waals surface area contributed by atoms with Gasteiger partial charge in [-0.25, -0.2) is 4.39 Å². The van der Waals surface area contributed by atoms with E-state index in [1.54, 1.807) is 12.1 Å². The number of carbonyl (C=O) groups is 1. The number of likely N-dealkylation sites (N-methyl/N-ethyl adjacent to an activating group) is 1. The molecular weight excluding hydrogens is 319 g/mol. The van der Waals surface area contributed by atoms with Crippen molar-refractivity contribution in [3.63, 3.8) is 0 Å². The summed E-state index contributed by atoms with van der Waals surface area (Å²) in [6, 6.07) is 6.86. The minimum absolute atomic E-state index is 0.143. The molecule has 5 heteroatoms. The van der Waals surface area contributed by atoms with Gasteiger partial charge in [0.2, 0.25) is 0 Å². The fraction of sp³-hybridized carbons (Fsp3) is 0.650. The van der Waals surface area contributed by atoms with Crippen molar-refractivity contribution in [2.75, 3.05) is 32.7 Å². The Morgan fingerprint density at radius 1 is 1.28 bits per heavy atom. The molecule has 138 valence electrons. The highest BCUT2D eigenvalue weighted by molar-refractivity contribution is 5.81. The Labute approximate surface area is 149 Å². The van der Waals surface area contributed by atoms with Gasteiger partial charge < -0.3 is 14.5 Å². The van der Waals surface area contributed by atoms with Crippen LogP contribution in [-0.4, -0.2) is 60.1 Å². The van der Waals surface area contributed by atoms with Crippen molar-refractivity contribution in [1.82, 2.24) is 9.80 Å². The van der Waals surface area contributed by atoms with Gasteiger partial charge in [0.05, 0.1) is 5.60 Å². The Kier molecular flexibility index (Phi) is 5.74. The predicted octanol–water partition coefficient (Wildman–Crippen LogP) is 2.86. The van der Waals surface area contributed by atoms with Crippen LogP contribution >= 0.6 is 0 Å². The standard InChI is InChI=1S/C20H29FN2O2/c1-3-18-19(24)23(4-2)15-20(25-18)9-12-22(13-10-20)11-8-16-6-5-7-17(21)14-16/h5-7,14,18H,3-4,8-13,15H2,1-2H3. The predicted molar refractivity (Wildman–Crippen MR) is 95.9 cm³/mol.